The smallest absolute Gasteiger partial charge is 0.0827 e. The monoisotopic (exact) mass is 247 g/mol. The van der Waals surface area contributed by atoms with E-state index in [9.17, 15) is 0 Å². The zero-order valence-electron chi connectivity index (χ0n) is 11.5. The van der Waals surface area contributed by atoms with E-state index in [1.54, 1.807) is 0 Å². The Balaban J connectivity index is 1.74. The molecule has 1 aromatic carbocycles. The summed E-state index contributed by atoms with van der Waals surface area (Å²) in [4.78, 5) is 0. The molecule has 1 aliphatic carbocycles. The topological polar surface area (TPSA) is 21.3 Å². The second-order valence-electron chi connectivity index (χ2n) is 5.11. The number of unbranched alkanes of at least 4 members (excludes halogenated alkanes) is 2. The summed E-state index contributed by atoms with van der Waals surface area (Å²) in [6.45, 7) is 2.02. The molecular formula is C16H25NO. The van der Waals surface area contributed by atoms with Crippen LogP contribution in [0.15, 0.2) is 24.3 Å². The van der Waals surface area contributed by atoms with Gasteiger partial charge >= 0.3 is 0 Å². The molecule has 0 bridgehead atoms. The van der Waals surface area contributed by atoms with Crippen LogP contribution in [0.25, 0.3) is 0 Å². The van der Waals surface area contributed by atoms with E-state index in [1.807, 2.05) is 7.05 Å². The minimum atomic E-state index is 0.347. The first-order valence-corrected chi connectivity index (χ1v) is 7.26. The van der Waals surface area contributed by atoms with Gasteiger partial charge in [0.25, 0.3) is 0 Å². The van der Waals surface area contributed by atoms with Crippen LogP contribution in [0, 0.1) is 0 Å². The van der Waals surface area contributed by atoms with Crippen molar-refractivity contribution < 1.29 is 4.74 Å². The SMILES string of the molecule is CNCCCCCOC1CCCc2ccccc21. The van der Waals surface area contributed by atoms with Crippen molar-refractivity contribution in [2.75, 3.05) is 20.2 Å². The molecule has 0 spiro atoms. The first kappa shape index (κ1) is 13.6. The molecule has 1 atom stereocenters. The molecule has 1 aliphatic rings. The minimum Gasteiger partial charge on any atom is -0.374 e. The third-order valence-corrected chi connectivity index (χ3v) is 3.70. The molecular weight excluding hydrogens is 222 g/mol. The highest BCUT2D eigenvalue weighted by Crippen LogP contribution is 2.32. The standard InChI is InChI=1S/C16H25NO/c1-17-12-5-2-6-13-18-16-11-7-9-14-8-3-4-10-15(14)16/h3-4,8,10,16-17H,2,5-7,9,11-13H2,1H3. The molecule has 0 fully saturated rings. The Labute approximate surface area is 111 Å². The highest BCUT2D eigenvalue weighted by molar-refractivity contribution is 5.31. The molecule has 2 heteroatoms. The van der Waals surface area contributed by atoms with E-state index in [0.29, 0.717) is 6.10 Å². The fourth-order valence-corrected chi connectivity index (χ4v) is 2.69. The average molecular weight is 247 g/mol. The lowest BCUT2D eigenvalue weighted by Crippen LogP contribution is -2.13. The van der Waals surface area contributed by atoms with Crippen LogP contribution in [0.4, 0.5) is 0 Å². The molecule has 18 heavy (non-hydrogen) atoms. The third kappa shape index (κ3) is 3.82. The maximum absolute atomic E-state index is 6.07. The van der Waals surface area contributed by atoms with Gasteiger partial charge in [0.05, 0.1) is 6.10 Å². The summed E-state index contributed by atoms with van der Waals surface area (Å²) < 4.78 is 6.07. The quantitative estimate of drug-likeness (QED) is 0.745. The van der Waals surface area contributed by atoms with Crippen LogP contribution < -0.4 is 5.32 Å². The summed E-state index contributed by atoms with van der Waals surface area (Å²) in [6.07, 6.45) is 7.71. The van der Waals surface area contributed by atoms with Crippen molar-refractivity contribution in [2.24, 2.45) is 0 Å². The van der Waals surface area contributed by atoms with E-state index in [1.165, 1.54) is 49.7 Å². The molecule has 2 nitrogen and oxygen atoms in total. The summed E-state index contributed by atoms with van der Waals surface area (Å²) in [5.41, 5.74) is 2.92. The third-order valence-electron chi connectivity index (χ3n) is 3.70. The summed E-state index contributed by atoms with van der Waals surface area (Å²) in [7, 11) is 2.01. The minimum absolute atomic E-state index is 0.347. The van der Waals surface area contributed by atoms with E-state index in [-0.39, 0.29) is 0 Å². The highest BCUT2D eigenvalue weighted by Gasteiger charge is 2.19. The van der Waals surface area contributed by atoms with Crippen LogP contribution in [0.3, 0.4) is 0 Å². The normalized spacial score (nSPS) is 18.6. The first-order chi connectivity index (χ1) is 8.92. The highest BCUT2D eigenvalue weighted by atomic mass is 16.5. The van der Waals surface area contributed by atoms with E-state index in [2.05, 4.69) is 29.6 Å². The van der Waals surface area contributed by atoms with Crippen LogP contribution in [0.1, 0.15) is 49.3 Å². The Kier molecular flexibility index (Phi) is 5.69. The van der Waals surface area contributed by atoms with E-state index >= 15 is 0 Å². The zero-order valence-corrected chi connectivity index (χ0v) is 11.5. The molecule has 2 rings (SSSR count). The maximum atomic E-state index is 6.07. The van der Waals surface area contributed by atoms with Crippen LogP contribution in [-0.4, -0.2) is 20.2 Å². The number of ether oxygens (including phenoxy) is 1. The molecule has 0 heterocycles. The van der Waals surface area contributed by atoms with Crippen LogP contribution in [0.5, 0.6) is 0 Å². The van der Waals surface area contributed by atoms with Gasteiger partial charge in [-0.05, 0) is 63.2 Å². The van der Waals surface area contributed by atoms with Crippen molar-refractivity contribution in [3.63, 3.8) is 0 Å². The maximum Gasteiger partial charge on any atom is 0.0827 e. The number of nitrogens with one attached hydrogen (secondary N) is 1. The second-order valence-corrected chi connectivity index (χ2v) is 5.11. The molecule has 0 aromatic heterocycles. The van der Waals surface area contributed by atoms with Crippen LogP contribution in [0.2, 0.25) is 0 Å². The molecule has 0 amide bonds. The van der Waals surface area contributed by atoms with Gasteiger partial charge < -0.3 is 10.1 Å². The van der Waals surface area contributed by atoms with Gasteiger partial charge in [-0.3, -0.25) is 0 Å². The molecule has 0 radical (unpaired) electrons. The summed E-state index contributed by atoms with van der Waals surface area (Å²) >= 11 is 0. The number of hydrogen-bond donors (Lipinski definition) is 1. The first-order valence-electron chi connectivity index (χ1n) is 7.26. The van der Waals surface area contributed by atoms with E-state index < -0.39 is 0 Å². The van der Waals surface area contributed by atoms with Gasteiger partial charge in [-0.15, -0.1) is 0 Å². The van der Waals surface area contributed by atoms with Crippen molar-refractivity contribution >= 4 is 0 Å². The Morgan fingerprint density at radius 1 is 1.22 bits per heavy atom. The van der Waals surface area contributed by atoms with Gasteiger partial charge in [0.1, 0.15) is 0 Å². The molecule has 1 unspecified atom stereocenters. The van der Waals surface area contributed by atoms with Crippen molar-refractivity contribution in [1.29, 1.82) is 0 Å². The number of hydrogen-bond acceptors (Lipinski definition) is 2. The summed E-state index contributed by atoms with van der Waals surface area (Å²) in [5, 5.41) is 3.18. The van der Waals surface area contributed by atoms with Crippen molar-refractivity contribution in [2.45, 2.75) is 44.6 Å². The fraction of sp³-hybridized carbons (Fsp3) is 0.625. The second kappa shape index (κ2) is 7.55. The van der Waals surface area contributed by atoms with Gasteiger partial charge in [-0.25, -0.2) is 0 Å². The van der Waals surface area contributed by atoms with Crippen LogP contribution >= 0.6 is 0 Å². The largest absolute Gasteiger partial charge is 0.374 e. The number of aryl methyl sites for hydroxylation is 1. The lowest BCUT2D eigenvalue weighted by atomic mass is 9.89. The number of rotatable bonds is 7. The molecule has 100 valence electrons. The average Bonchev–Trinajstić information content (AvgIpc) is 2.43. The lowest BCUT2D eigenvalue weighted by molar-refractivity contribution is 0.0383. The molecule has 1 aromatic rings. The zero-order chi connectivity index (χ0) is 12.6. The lowest BCUT2D eigenvalue weighted by Gasteiger charge is -2.25. The molecule has 0 aliphatic heterocycles. The molecule has 0 saturated heterocycles. The Morgan fingerprint density at radius 2 is 2.11 bits per heavy atom. The van der Waals surface area contributed by atoms with Gasteiger partial charge in [-0.2, -0.15) is 0 Å². The van der Waals surface area contributed by atoms with Gasteiger partial charge in [-0.1, -0.05) is 24.3 Å². The number of fused-ring (bicyclic) bond motifs is 1. The van der Waals surface area contributed by atoms with Crippen molar-refractivity contribution in [3.8, 4) is 0 Å². The Bertz CT molecular complexity index is 351. The predicted molar refractivity (Wildman–Crippen MR) is 75.9 cm³/mol. The number of benzene rings is 1. The Morgan fingerprint density at radius 3 is 3.00 bits per heavy atom. The summed E-state index contributed by atoms with van der Waals surface area (Å²) in [5.74, 6) is 0. The molecule has 1 N–H and O–H groups in total. The van der Waals surface area contributed by atoms with E-state index in [4.69, 9.17) is 4.74 Å². The fourth-order valence-electron chi connectivity index (χ4n) is 2.69. The van der Waals surface area contributed by atoms with Crippen LogP contribution in [-0.2, 0) is 11.2 Å². The van der Waals surface area contributed by atoms with E-state index in [0.717, 1.165) is 13.2 Å². The molecule has 0 saturated carbocycles. The summed E-state index contributed by atoms with van der Waals surface area (Å²) in [6, 6.07) is 8.75. The van der Waals surface area contributed by atoms with Gasteiger partial charge in [0, 0.05) is 6.61 Å². The van der Waals surface area contributed by atoms with Gasteiger partial charge in [0.15, 0.2) is 0 Å². The van der Waals surface area contributed by atoms with Crippen molar-refractivity contribution in [1.82, 2.24) is 5.32 Å². The van der Waals surface area contributed by atoms with Crippen molar-refractivity contribution in [3.05, 3.63) is 35.4 Å². The van der Waals surface area contributed by atoms with Gasteiger partial charge in [0.2, 0.25) is 0 Å². The Hall–Kier alpha value is -0.860. The predicted octanol–water partition coefficient (Wildman–Crippen LogP) is 3.47.